The summed E-state index contributed by atoms with van der Waals surface area (Å²) in [4.78, 5) is 23.6. The van der Waals surface area contributed by atoms with Crippen LogP contribution in [-0.2, 0) is 4.74 Å². The topological polar surface area (TPSA) is 105 Å². The first-order valence-corrected chi connectivity index (χ1v) is 7.58. The van der Waals surface area contributed by atoms with Crippen molar-refractivity contribution in [1.29, 1.82) is 0 Å². The molecule has 0 radical (unpaired) electrons. The fourth-order valence-electron chi connectivity index (χ4n) is 2.31. The molecule has 0 spiro atoms. The fourth-order valence-corrected chi connectivity index (χ4v) is 2.31. The number of nitro benzene ring substituents is 1. The maximum absolute atomic E-state index is 11.8. The van der Waals surface area contributed by atoms with Crippen molar-refractivity contribution in [3.8, 4) is 0 Å². The second-order valence-electron chi connectivity index (χ2n) is 5.56. The Bertz CT molecular complexity index is 592. The highest BCUT2D eigenvalue weighted by Crippen LogP contribution is 2.32. The van der Waals surface area contributed by atoms with Gasteiger partial charge in [-0.2, -0.15) is 0 Å². The Labute approximate surface area is 134 Å². The molecular formula is C15H21N3O5. The van der Waals surface area contributed by atoms with Gasteiger partial charge in [-0.05, 0) is 12.0 Å². The summed E-state index contributed by atoms with van der Waals surface area (Å²) < 4.78 is 4.90. The number of hydrogen-bond acceptors (Lipinski definition) is 6. The zero-order valence-electron chi connectivity index (χ0n) is 13.2. The van der Waals surface area contributed by atoms with Crippen molar-refractivity contribution in [2.75, 3.05) is 29.9 Å². The van der Waals surface area contributed by atoms with Gasteiger partial charge in [-0.1, -0.05) is 20.3 Å². The molecule has 0 aromatic heterocycles. The number of anilines is 2. The second kappa shape index (κ2) is 7.28. The summed E-state index contributed by atoms with van der Waals surface area (Å²) in [5, 5.41) is 24.1. The number of nitrogens with one attached hydrogen (secondary N) is 1. The van der Waals surface area contributed by atoms with Crippen molar-refractivity contribution < 1.29 is 19.6 Å². The predicted molar refractivity (Wildman–Crippen MR) is 85.7 cm³/mol. The summed E-state index contributed by atoms with van der Waals surface area (Å²) in [7, 11) is 0. The molecule has 1 heterocycles. The number of cyclic esters (lactones) is 1. The van der Waals surface area contributed by atoms with Gasteiger partial charge in [0, 0.05) is 18.7 Å². The van der Waals surface area contributed by atoms with Gasteiger partial charge in [0.2, 0.25) is 0 Å². The van der Waals surface area contributed by atoms with E-state index in [1.54, 1.807) is 6.07 Å². The Morgan fingerprint density at radius 3 is 2.83 bits per heavy atom. The van der Waals surface area contributed by atoms with E-state index in [4.69, 9.17) is 4.74 Å². The molecule has 1 aliphatic heterocycles. The number of ether oxygens (including phenoxy) is 1. The van der Waals surface area contributed by atoms with Crippen LogP contribution in [0.4, 0.5) is 21.9 Å². The highest BCUT2D eigenvalue weighted by Gasteiger charge is 2.27. The van der Waals surface area contributed by atoms with Crippen LogP contribution in [0.1, 0.15) is 20.3 Å². The summed E-state index contributed by atoms with van der Waals surface area (Å²) in [6.45, 7) is 4.81. The van der Waals surface area contributed by atoms with Gasteiger partial charge in [0.15, 0.2) is 0 Å². The quantitative estimate of drug-likeness (QED) is 0.589. The smallest absolute Gasteiger partial charge is 0.414 e. The number of carbonyl (C=O) groups excluding carboxylic acids is 1. The number of carbonyl (C=O) groups is 1. The van der Waals surface area contributed by atoms with E-state index in [1.807, 2.05) is 13.8 Å². The van der Waals surface area contributed by atoms with Crippen molar-refractivity contribution in [2.45, 2.75) is 26.4 Å². The van der Waals surface area contributed by atoms with Crippen LogP contribution in [0.25, 0.3) is 0 Å². The van der Waals surface area contributed by atoms with Gasteiger partial charge in [-0.3, -0.25) is 15.0 Å². The minimum atomic E-state index is -0.548. The van der Waals surface area contributed by atoms with Gasteiger partial charge in [-0.25, -0.2) is 4.79 Å². The zero-order chi connectivity index (χ0) is 17.0. The minimum absolute atomic E-state index is 0.104. The number of rotatable bonds is 7. The van der Waals surface area contributed by atoms with Crippen molar-refractivity contribution in [2.24, 2.45) is 5.92 Å². The van der Waals surface area contributed by atoms with Crippen LogP contribution in [0.2, 0.25) is 0 Å². The van der Waals surface area contributed by atoms with Crippen LogP contribution in [0, 0.1) is 16.0 Å². The van der Waals surface area contributed by atoms with E-state index in [9.17, 15) is 20.0 Å². The fraction of sp³-hybridized carbons (Fsp3) is 0.533. The molecule has 1 aromatic carbocycles. The molecule has 1 aromatic rings. The second-order valence-corrected chi connectivity index (χ2v) is 5.56. The average Bonchev–Trinajstić information content (AvgIpc) is 2.97. The first-order chi connectivity index (χ1) is 10.9. The predicted octanol–water partition coefficient (Wildman–Crippen LogP) is 2.37. The monoisotopic (exact) mass is 323 g/mol. The molecule has 8 nitrogen and oxygen atoms in total. The van der Waals surface area contributed by atoms with Gasteiger partial charge in [0.25, 0.3) is 5.69 Å². The number of nitro groups is 1. The third kappa shape index (κ3) is 3.89. The number of benzene rings is 1. The first kappa shape index (κ1) is 17.0. The Balaban J connectivity index is 2.23. The molecule has 1 amide bonds. The van der Waals surface area contributed by atoms with Crippen molar-refractivity contribution in [1.82, 2.24) is 0 Å². The molecule has 2 unspecified atom stereocenters. The lowest BCUT2D eigenvalue weighted by molar-refractivity contribution is -0.384. The molecule has 126 valence electrons. The lowest BCUT2D eigenvalue weighted by Crippen LogP contribution is -2.28. The maximum atomic E-state index is 11.8. The SMILES string of the molecule is CCC(C)C(O)CNc1ccc([N+](=O)[O-])cc1N1CCOC1=O. The molecule has 8 heteroatoms. The van der Waals surface area contributed by atoms with E-state index in [0.717, 1.165) is 6.42 Å². The highest BCUT2D eigenvalue weighted by atomic mass is 16.6. The average molecular weight is 323 g/mol. The summed E-state index contributed by atoms with van der Waals surface area (Å²) in [6, 6.07) is 4.25. The largest absolute Gasteiger partial charge is 0.447 e. The van der Waals surface area contributed by atoms with Crippen LogP contribution in [0.15, 0.2) is 18.2 Å². The molecule has 0 saturated carbocycles. The van der Waals surface area contributed by atoms with Crippen molar-refractivity contribution >= 4 is 23.2 Å². The molecule has 2 rings (SSSR count). The van der Waals surface area contributed by atoms with Crippen LogP contribution in [0.3, 0.4) is 0 Å². The summed E-state index contributed by atoms with van der Waals surface area (Å²) in [6.07, 6.45) is -0.237. The number of aliphatic hydroxyl groups excluding tert-OH is 1. The number of hydrogen-bond donors (Lipinski definition) is 2. The molecular weight excluding hydrogens is 302 g/mol. The zero-order valence-corrected chi connectivity index (χ0v) is 13.2. The summed E-state index contributed by atoms with van der Waals surface area (Å²) >= 11 is 0. The number of non-ortho nitro benzene ring substituents is 1. The number of aliphatic hydroxyl groups is 1. The van der Waals surface area contributed by atoms with E-state index in [0.29, 0.717) is 24.5 Å². The Hall–Kier alpha value is -2.35. The van der Waals surface area contributed by atoms with E-state index in [2.05, 4.69) is 5.32 Å². The number of amides is 1. The molecule has 0 aliphatic carbocycles. The third-order valence-electron chi connectivity index (χ3n) is 4.05. The van der Waals surface area contributed by atoms with E-state index in [1.165, 1.54) is 17.0 Å². The Morgan fingerprint density at radius 1 is 1.52 bits per heavy atom. The molecule has 1 fully saturated rings. The van der Waals surface area contributed by atoms with E-state index >= 15 is 0 Å². The summed E-state index contributed by atoms with van der Waals surface area (Å²) in [5.41, 5.74) is 0.836. The molecule has 1 saturated heterocycles. The van der Waals surface area contributed by atoms with Crippen LogP contribution >= 0.6 is 0 Å². The third-order valence-corrected chi connectivity index (χ3v) is 4.05. The molecule has 23 heavy (non-hydrogen) atoms. The minimum Gasteiger partial charge on any atom is -0.447 e. The van der Waals surface area contributed by atoms with Crippen molar-refractivity contribution in [3.05, 3.63) is 28.3 Å². The first-order valence-electron chi connectivity index (χ1n) is 7.58. The van der Waals surface area contributed by atoms with Crippen LogP contribution < -0.4 is 10.2 Å². The van der Waals surface area contributed by atoms with Crippen molar-refractivity contribution in [3.63, 3.8) is 0 Å². The van der Waals surface area contributed by atoms with Crippen LogP contribution in [-0.4, -0.2) is 41.9 Å². The molecule has 2 atom stereocenters. The molecule has 0 bridgehead atoms. The van der Waals surface area contributed by atoms with Gasteiger partial charge in [0.1, 0.15) is 6.61 Å². The Kier molecular flexibility index (Phi) is 5.38. The standard InChI is InChI=1S/C15H21N3O5/c1-3-10(2)14(19)9-16-12-5-4-11(18(21)22)8-13(12)17-6-7-23-15(17)20/h4-5,8,10,14,16,19H,3,6-7,9H2,1-2H3. The molecule has 1 aliphatic rings. The van der Waals surface area contributed by atoms with Crippen LogP contribution in [0.5, 0.6) is 0 Å². The lowest BCUT2D eigenvalue weighted by Gasteiger charge is -2.21. The summed E-state index contributed by atoms with van der Waals surface area (Å²) in [5.74, 6) is 0.126. The Morgan fingerprint density at radius 2 is 2.26 bits per heavy atom. The molecule has 2 N–H and O–H groups in total. The van der Waals surface area contributed by atoms with Gasteiger partial charge < -0.3 is 15.2 Å². The maximum Gasteiger partial charge on any atom is 0.414 e. The van der Waals surface area contributed by atoms with Gasteiger partial charge >= 0.3 is 6.09 Å². The van der Waals surface area contributed by atoms with E-state index < -0.39 is 17.1 Å². The van der Waals surface area contributed by atoms with Gasteiger partial charge in [0.05, 0.1) is 28.9 Å². The number of nitrogens with zero attached hydrogens (tertiary/aromatic N) is 2. The highest BCUT2D eigenvalue weighted by molar-refractivity contribution is 5.94. The van der Waals surface area contributed by atoms with Gasteiger partial charge in [-0.15, -0.1) is 0 Å². The lowest BCUT2D eigenvalue weighted by atomic mass is 10.0. The normalized spacial score (nSPS) is 16.8. The van der Waals surface area contributed by atoms with E-state index in [-0.39, 0.29) is 18.2 Å².